The number of rotatable bonds is 8. The fraction of sp³-hybridized carbons (Fsp3) is 0.333. The molecule has 0 bridgehead atoms. The quantitative estimate of drug-likeness (QED) is 0.466. The Morgan fingerprint density at radius 1 is 1.18 bits per heavy atom. The number of benzene rings is 2. The molecule has 0 radical (unpaired) electrons. The molecule has 0 aromatic heterocycles. The van der Waals surface area contributed by atoms with Gasteiger partial charge >= 0.3 is 0 Å². The highest BCUT2D eigenvalue weighted by Gasteiger charge is 2.06. The van der Waals surface area contributed by atoms with E-state index in [1.165, 1.54) is 6.92 Å². The summed E-state index contributed by atoms with van der Waals surface area (Å²) in [4.78, 5) is 16.0. The van der Waals surface area contributed by atoms with Gasteiger partial charge < -0.3 is 20.7 Å². The third-order valence-corrected chi connectivity index (χ3v) is 4.35. The molecular formula is C21H27ClN4O2. The lowest BCUT2D eigenvalue weighted by Gasteiger charge is -2.13. The first-order valence-corrected chi connectivity index (χ1v) is 9.61. The van der Waals surface area contributed by atoms with Crippen LogP contribution in [0.2, 0.25) is 5.02 Å². The summed E-state index contributed by atoms with van der Waals surface area (Å²) in [6.45, 7) is 5.44. The summed E-state index contributed by atoms with van der Waals surface area (Å²) in [7, 11) is 1.57. The number of carbonyl (C=O) groups is 1. The molecule has 0 fully saturated rings. The smallest absolute Gasteiger partial charge is 0.221 e. The maximum Gasteiger partial charge on any atom is 0.221 e. The molecule has 1 amide bonds. The van der Waals surface area contributed by atoms with Gasteiger partial charge in [0.25, 0.3) is 0 Å². The minimum Gasteiger partial charge on any atom is -0.495 e. The van der Waals surface area contributed by atoms with E-state index in [2.05, 4.69) is 20.9 Å². The van der Waals surface area contributed by atoms with E-state index in [1.807, 2.05) is 49.4 Å². The van der Waals surface area contributed by atoms with Gasteiger partial charge in [-0.25, -0.2) is 4.99 Å². The molecule has 0 heterocycles. The number of nitrogens with zero attached hydrogens (tertiary/aromatic N) is 1. The number of hydrogen-bond acceptors (Lipinski definition) is 3. The minimum absolute atomic E-state index is 0.145. The Morgan fingerprint density at radius 3 is 2.64 bits per heavy atom. The zero-order valence-electron chi connectivity index (χ0n) is 16.5. The second kappa shape index (κ2) is 11.2. The first-order valence-electron chi connectivity index (χ1n) is 9.23. The first-order chi connectivity index (χ1) is 13.5. The maximum absolute atomic E-state index is 11.4. The van der Waals surface area contributed by atoms with E-state index < -0.39 is 0 Å². The van der Waals surface area contributed by atoms with Gasteiger partial charge in [-0.2, -0.15) is 0 Å². The van der Waals surface area contributed by atoms with Crippen LogP contribution >= 0.6 is 11.6 Å². The van der Waals surface area contributed by atoms with E-state index >= 15 is 0 Å². The van der Waals surface area contributed by atoms with Gasteiger partial charge in [0, 0.05) is 25.0 Å². The molecule has 0 aliphatic carbocycles. The highest BCUT2D eigenvalue weighted by Crippen LogP contribution is 2.25. The van der Waals surface area contributed by atoms with E-state index in [1.54, 1.807) is 7.11 Å². The average Bonchev–Trinajstić information content (AvgIpc) is 2.67. The highest BCUT2D eigenvalue weighted by molar-refractivity contribution is 6.31. The van der Waals surface area contributed by atoms with Crippen LogP contribution in [-0.4, -0.2) is 32.1 Å². The molecule has 2 rings (SSSR count). The lowest BCUT2D eigenvalue weighted by atomic mass is 10.1. The Hall–Kier alpha value is -2.73. The molecule has 2 aromatic carbocycles. The van der Waals surface area contributed by atoms with Crippen LogP contribution in [0.5, 0.6) is 5.75 Å². The van der Waals surface area contributed by atoms with E-state index in [-0.39, 0.29) is 5.91 Å². The monoisotopic (exact) mass is 402 g/mol. The molecule has 2 aromatic rings. The molecule has 0 atom stereocenters. The number of ether oxygens (including phenoxy) is 1. The summed E-state index contributed by atoms with van der Waals surface area (Å²) in [5.41, 5.74) is 2.70. The molecule has 150 valence electrons. The van der Waals surface area contributed by atoms with E-state index in [0.29, 0.717) is 18.0 Å². The average molecular weight is 403 g/mol. The summed E-state index contributed by atoms with van der Waals surface area (Å²) in [5.74, 6) is 1.20. The molecule has 7 heteroatoms. The standard InChI is InChI=1S/C21H27ClN4O2/c1-4-23-21(24-12-11-17-7-5-6-8-18(17)22)25-14-16-9-10-20(28-3)19(13-16)26-15(2)27/h5-10,13H,4,11-12,14H2,1-3H3,(H,26,27)(H2,23,24,25). The molecule has 0 aliphatic heterocycles. The fourth-order valence-electron chi connectivity index (χ4n) is 2.67. The van der Waals surface area contributed by atoms with Crippen molar-refractivity contribution in [3.63, 3.8) is 0 Å². The number of anilines is 1. The zero-order chi connectivity index (χ0) is 20.4. The van der Waals surface area contributed by atoms with Crippen molar-refractivity contribution in [3.8, 4) is 5.75 Å². The Morgan fingerprint density at radius 2 is 1.96 bits per heavy atom. The largest absolute Gasteiger partial charge is 0.495 e. The van der Waals surface area contributed by atoms with Crippen LogP contribution in [0.25, 0.3) is 0 Å². The van der Waals surface area contributed by atoms with Crippen LogP contribution in [0.3, 0.4) is 0 Å². The van der Waals surface area contributed by atoms with Crippen molar-refractivity contribution in [2.75, 3.05) is 25.5 Å². The van der Waals surface area contributed by atoms with Crippen LogP contribution in [0.1, 0.15) is 25.0 Å². The molecular weight excluding hydrogens is 376 g/mol. The number of hydrogen-bond donors (Lipinski definition) is 3. The first kappa shape index (κ1) is 21.6. The van der Waals surface area contributed by atoms with Crippen molar-refractivity contribution >= 4 is 29.2 Å². The third kappa shape index (κ3) is 6.78. The molecule has 0 saturated carbocycles. The van der Waals surface area contributed by atoms with Gasteiger partial charge in [-0.1, -0.05) is 35.9 Å². The molecule has 0 saturated heterocycles. The summed E-state index contributed by atoms with van der Waals surface area (Å²) < 4.78 is 5.28. The van der Waals surface area contributed by atoms with Gasteiger partial charge in [0.1, 0.15) is 5.75 Å². The summed E-state index contributed by atoms with van der Waals surface area (Å²) in [6, 6.07) is 13.5. The Labute approximate surface area is 171 Å². The predicted octanol–water partition coefficient (Wildman–Crippen LogP) is 3.60. The fourth-order valence-corrected chi connectivity index (χ4v) is 2.90. The number of guanidine groups is 1. The van der Waals surface area contributed by atoms with Gasteiger partial charge in [0.2, 0.25) is 5.91 Å². The molecule has 0 spiro atoms. The number of aliphatic imine (C=N–C) groups is 1. The number of nitrogens with one attached hydrogen (secondary N) is 3. The van der Waals surface area contributed by atoms with Crippen molar-refractivity contribution in [3.05, 3.63) is 58.6 Å². The van der Waals surface area contributed by atoms with Crippen LogP contribution in [0, 0.1) is 0 Å². The van der Waals surface area contributed by atoms with Crippen molar-refractivity contribution in [2.24, 2.45) is 4.99 Å². The summed E-state index contributed by atoms with van der Waals surface area (Å²) in [5, 5.41) is 10.1. The van der Waals surface area contributed by atoms with Gasteiger partial charge in [-0.3, -0.25) is 4.79 Å². The third-order valence-electron chi connectivity index (χ3n) is 3.98. The topological polar surface area (TPSA) is 74.8 Å². The van der Waals surface area contributed by atoms with Crippen molar-refractivity contribution < 1.29 is 9.53 Å². The van der Waals surface area contributed by atoms with Crippen LogP contribution in [0.4, 0.5) is 5.69 Å². The Kier molecular flexibility index (Phi) is 8.62. The predicted molar refractivity (Wildman–Crippen MR) is 115 cm³/mol. The molecule has 28 heavy (non-hydrogen) atoms. The van der Waals surface area contributed by atoms with Crippen molar-refractivity contribution in [1.82, 2.24) is 10.6 Å². The summed E-state index contributed by atoms with van der Waals surface area (Å²) in [6.07, 6.45) is 0.805. The second-order valence-electron chi connectivity index (χ2n) is 6.18. The number of amides is 1. The van der Waals surface area contributed by atoms with Gasteiger partial charge in [0.15, 0.2) is 5.96 Å². The lowest BCUT2D eigenvalue weighted by molar-refractivity contribution is -0.114. The normalized spacial score (nSPS) is 11.1. The van der Waals surface area contributed by atoms with Gasteiger partial charge in [-0.15, -0.1) is 0 Å². The molecule has 0 aliphatic rings. The number of methoxy groups -OCH3 is 1. The van der Waals surface area contributed by atoms with Crippen LogP contribution in [0.15, 0.2) is 47.5 Å². The Bertz CT molecular complexity index is 824. The number of halogens is 1. The molecule has 6 nitrogen and oxygen atoms in total. The molecule has 3 N–H and O–H groups in total. The molecule has 0 unspecified atom stereocenters. The van der Waals surface area contributed by atoms with Crippen molar-refractivity contribution in [1.29, 1.82) is 0 Å². The van der Waals surface area contributed by atoms with E-state index in [4.69, 9.17) is 16.3 Å². The zero-order valence-corrected chi connectivity index (χ0v) is 17.3. The maximum atomic E-state index is 11.4. The van der Waals surface area contributed by atoms with Crippen LogP contribution < -0.4 is 20.7 Å². The second-order valence-corrected chi connectivity index (χ2v) is 6.59. The lowest BCUT2D eigenvalue weighted by Crippen LogP contribution is -2.38. The van der Waals surface area contributed by atoms with Gasteiger partial charge in [0.05, 0.1) is 19.3 Å². The Balaban J connectivity index is 2.01. The number of carbonyl (C=O) groups excluding carboxylic acids is 1. The minimum atomic E-state index is -0.145. The van der Waals surface area contributed by atoms with E-state index in [0.717, 1.165) is 41.6 Å². The van der Waals surface area contributed by atoms with Gasteiger partial charge in [-0.05, 0) is 42.7 Å². The SMILES string of the molecule is CCNC(=NCc1ccc(OC)c(NC(C)=O)c1)NCCc1ccccc1Cl. The van der Waals surface area contributed by atoms with Crippen molar-refractivity contribution in [2.45, 2.75) is 26.8 Å². The highest BCUT2D eigenvalue weighted by atomic mass is 35.5. The summed E-state index contributed by atoms with van der Waals surface area (Å²) >= 11 is 6.20. The van der Waals surface area contributed by atoms with E-state index in [9.17, 15) is 4.79 Å². The van der Waals surface area contributed by atoms with Crippen LogP contribution in [-0.2, 0) is 17.8 Å².